The third-order valence-corrected chi connectivity index (χ3v) is 4.63. The van der Waals surface area contributed by atoms with Crippen LogP contribution in [0.25, 0.3) is 21.5 Å². The van der Waals surface area contributed by atoms with Crippen LogP contribution in [0.15, 0.2) is 71.8 Å². The maximum atomic E-state index is 12.3. The fourth-order valence-electron chi connectivity index (χ4n) is 2.39. The Labute approximate surface area is 162 Å². The van der Waals surface area contributed by atoms with Crippen molar-refractivity contribution in [2.24, 2.45) is 0 Å². The first-order valence-corrected chi connectivity index (χ1v) is 7.90. The number of hydrogen-bond donors (Lipinski definition) is 0. The van der Waals surface area contributed by atoms with Gasteiger partial charge in [0, 0.05) is 5.39 Å². The number of allylic oxidation sites excluding steroid dienone is 1. The van der Waals surface area contributed by atoms with Crippen LogP contribution in [0.4, 0.5) is 0 Å². The summed E-state index contributed by atoms with van der Waals surface area (Å²) in [7, 11) is -3.85. The molecule has 0 heterocycles. The monoisotopic (exact) mass is 340 g/mol. The van der Waals surface area contributed by atoms with E-state index in [0.717, 1.165) is 16.2 Å². The van der Waals surface area contributed by atoms with Crippen LogP contribution < -0.4 is 0 Å². The molecule has 0 aromatic heterocycles. The van der Waals surface area contributed by atoms with Crippen LogP contribution >= 0.6 is 0 Å². The van der Waals surface area contributed by atoms with Crippen molar-refractivity contribution >= 4 is 69.4 Å². The summed E-state index contributed by atoms with van der Waals surface area (Å²) in [6.07, 6.45) is 0. The molecule has 3 aromatic rings. The van der Waals surface area contributed by atoms with Crippen LogP contribution in [0.3, 0.4) is 0 Å². The quantitative estimate of drug-likeness (QED) is 0.312. The van der Waals surface area contributed by atoms with Crippen LogP contribution in [-0.2, 0) is 14.3 Å². The molecule has 0 aliphatic heterocycles. The van der Waals surface area contributed by atoms with Crippen LogP contribution in [0.2, 0.25) is 0 Å². The first-order valence-electron chi connectivity index (χ1n) is 6.49. The molecule has 3 rings (SSSR count). The van der Waals surface area contributed by atoms with E-state index in [-0.39, 0.29) is 51.2 Å². The van der Waals surface area contributed by atoms with Gasteiger partial charge in [0.15, 0.2) is 0 Å². The SMILES string of the molecule is C=C(C)OS(=O)(=O)c1cccc2cc3ccccc3cc12.[Ca+2].[H-].[H-]. The minimum Gasteiger partial charge on any atom is -1.00 e. The van der Waals surface area contributed by atoms with Crippen LogP contribution in [-0.4, -0.2) is 46.2 Å². The zero-order chi connectivity index (χ0) is 15.0. The van der Waals surface area contributed by atoms with Crippen LogP contribution in [0.5, 0.6) is 0 Å². The van der Waals surface area contributed by atoms with Gasteiger partial charge in [0.2, 0.25) is 0 Å². The second-order valence-corrected chi connectivity index (χ2v) is 6.43. The first kappa shape index (κ1) is 17.3. The average Bonchev–Trinajstić information content (AvgIpc) is 2.43. The van der Waals surface area contributed by atoms with Crippen LogP contribution in [0, 0.1) is 0 Å². The van der Waals surface area contributed by atoms with Gasteiger partial charge in [-0.3, -0.25) is 0 Å². The van der Waals surface area contributed by atoms with E-state index in [1.165, 1.54) is 6.92 Å². The molecule has 0 aliphatic carbocycles. The Morgan fingerprint density at radius 3 is 2.23 bits per heavy atom. The smallest absolute Gasteiger partial charge is 1.00 e. The molecule has 110 valence electrons. The molecule has 3 aromatic carbocycles. The largest absolute Gasteiger partial charge is 2.00 e. The molecule has 0 fully saturated rings. The van der Waals surface area contributed by atoms with E-state index < -0.39 is 10.1 Å². The number of fused-ring (bicyclic) bond motifs is 2. The van der Waals surface area contributed by atoms with Gasteiger partial charge >= 0.3 is 47.9 Å². The van der Waals surface area contributed by atoms with Gasteiger partial charge in [-0.1, -0.05) is 43.0 Å². The fraction of sp³-hybridized carbons (Fsp3) is 0.0588. The Balaban J connectivity index is 0.00000176. The molecule has 0 saturated heterocycles. The molecule has 0 unspecified atom stereocenters. The third kappa shape index (κ3) is 3.30. The number of benzene rings is 3. The van der Waals surface area contributed by atoms with Gasteiger partial charge in [-0.25, -0.2) is 0 Å². The molecular formula is C17H16CaO3S. The molecule has 0 spiro atoms. The van der Waals surface area contributed by atoms with Gasteiger partial charge in [0.25, 0.3) is 0 Å². The maximum Gasteiger partial charge on any atom is 2.00 e. The summed E-state index contributed by atoms with van der Waals surface area (Å²) in [5.41, 5.74) is 0. The van der Waals surface area contributed by atoms with Gasteiger partial charge in [-0.15, -0.1) is 0 Å². The molecular weight excluding hydrogens is 324 g/mol. The van der Waals surface area contributed by atoms with Crippen molar-refractivity contribution in [3.05, 3.63) is 66.9 Å². The molecule has 0 bridgehead atoms. The standard InChI is InChI=1S/C17H14O3S.Ca.2H/c1-12(2)20-21(18,19)17-9-5-8-15-10-13-6-3-4-7-14(13)11-16(15)17;;;/h3-11H,1H2,2H3;;;/q;+2;2*-1. The predicted octanol–water partition coefficient (Wildman–Crippen LogP) is 4.08. The van der Waals surface area contributed by atoms with Crippen molar-refractivity contribution in [2.75, 3.05) is 0 Å². The molecule has 0 atom stereocenters. The van der Waals surface area contributed by atoms with Gasteiger partial charge in [-0.05, 0) is 41.3 Å². The van der Waals surface area contributed by atoms with E-state index in [1.807, 2.05) is 42.5 Å². The van der Waals surface area contributed by atoms with Gasteiger partial charge in [0.1, 0.15) is 10.7 Å². The second kappa shape index (κ2) is 6.59. The summed E-state index contributed by atoms with van der Waals surface area (Å²) < 4.78 is 29.5. The molecule has 0 radical (unpaired) electrons. The zero-order valence-corrected chi connectivity index (χ0v) is 15.3. The zero-order valence-electron chi connectivity index (χ0n) is 14.2. The molecule has 0 saturated carbocycles. The van der Waals surface area contributed by atoms with Crippen molar-refractivity contribution < 1.29 is 15.5 Å². The Morgan fingerprint density at radius 1 is 1.00 bits per heavy atom. The summed E-state index contributed by atoms with van der Waals surface area (Å²) in [4.78, 5) is 0.161. The molecule has 22 heavy (non-hydrogen) atoms. The van der Waals surface area contributed by atoms with Gasteiger partial charge in [-0.2, -0.15) is 8.42 Å². The Morgan fingerprint density at radius 2 is 1.59 bits per heavy atom. The molecule has 5 heteroatoms. The van der Waals surface area contributed by atoms with Crippen LogP contribution in [0.1, 0.15) is 9.78 Å². The van der Waals surface area contributed by atoms with Crippen molar-refractivity contribution in [1.29, 1.82) is 0 Å². The van der Waals surface area contributed by atoms with E-state index in [4.69, 9.17) is 4.18 Å². The Hall–Kier alpha value is -1.07. The topological polar surface area (TPSA) is 43.4 Å². The molecule has 0 amide bonds. The minimum atomic E-state index is -3.85. The average molecular weight is 340 g/mol. The van der Waals surface area contributed by atoms with Crippen molar-refractivity contribution in [3.8, 4) is 0 Å². The van der Waals surface area contributed by atoms with E-state index >= 15 is 0 Å². The summed E-state index contributed by atoms with van der Waals surface area (Å²) in [5, 5.41) is 3.57. The summed E-state index contributed by atoms with van der Waals surface area (Å²) >= 11 is 0. The van der Waals surface area contributed by atoms with E-state index in [9.17, 15) is 8.42 Å². The fourth-order valence-corrected chi connectivity index (χ4v) is 3.54. The van der Waals surface area contributed by atoms with E-state index in [1.54, 1.807) is 12.1 Å². The number of rotatable bonds is 3. The summed E-state index contributed by atoms with van der Waals surface area (Å²) in [6.45, 7) is 5.01. The predicted molar refractivity (Wildman–Crippen MR) is 92.5 cm³/mol. The molecule has 0 N–H and O–H groups in total. The number of hydrogen-bond acceptors (Lipinski definition) is 3. The second-order valence-electron chi connectivity index (χ2n) is 4.92. The Bertz CT molecular complexity index is 972. The summed E-state index contributed by atoms with van der Waals surface area (Å²) in [6, 6.07) is 16.8. The normalized spacial score (nSPS) is 11.1. The van der Waals surface area contributed by atoms with Crippen molar-refractivity contribution in [3.63, 3.8) is 0 Å². The van der Waals surface area contributed by atoms with Gasteiger partial charge in [0.05, 0.1) is 0 Å². The maximum absolute atomic E-state index is 12.3. The third-order valence-electron chi connectivity index (χ3n) is 3.23. The van der Waals surface area contributed by atoms with E-state index in [0.29, 0.717) is 5.39 Å². The summed E-state index contributed by atoms with van der Waals surface area (Å²) in [5.74, 6) is 0.146. The van der Waals surface area contributed by atoms with Crippen molar-refractivity contribution in [2.45, 2.75) is 11.8 Å². The van der Waals surface area contributed by atoms with Gasteiger partial charge < -0.3 is 7.04 Å². The molecule has 0 aliphatic rings. The first-order chi connectivity index (χ1) is 9.97. The van der Waals surface area contributed by atoms with E-state index in [2.05, 4.69) is 6.58 Å². The Kier molecular flexibility index (Phi) is 5.17. The minimum absolute atomic E-state index is 0. The molecule has 3 nitrogen and oxygen atoms in total. The van der Waals surface area contributed by atoms with Crippen molar-refractivity contribution in [1.82, 2.24) is 0 Å².